The summed E-state index contributed by atoms with van der Waals surface area (Å²) in [6.07, 6.45) is 8.25. The Morgan fingerprint density at radius 3 is 2.50 bits per heavy atom. The minimum absolute atomic E-state index is 0.0327. The number of carbonyl (C=O) groups excluding carboxylic acids is 3. The summed E-state index contributed by atoms with van der Waals surface area (Å²) in [5, 5.41) is 13.3. The molecule has 2 aromatic carbocycles. The van der Waals surface area contributed by atoms with Crippen LogP contribution in [0.5, 0.6) is 6.01 Å². The lowest BCUT2D eigenvalue weighted by Gasteiger charge is -2.30. The Hall–Kier alpha value is -4.72. The number of rotatable bonds is 9. The number of nitrogens with zero attached hydrogens (tertiary/aromatic N) is 3. The summed E-state index contributed by atoms with van der Waals surface area (Å²) < 4.78 is 36.0. The number of amides is 2. The van der Waals surface area contributed by atoms with Gasteiger partial charge in [-0.25, -0.2) is 13.2 Å². The van der Waals surface area contributed by atoms with Crippen molar-refractivity contribution in [2.24, 2.45) is 11.3 Å². The highest BCUT2D eigenvalue weighted by Gasteiger charge is 2.62. The van der Waals surface area contributed by atoms with Crippen LogP contribution in [0, 0.1) is 11.3 Å². The molecule has 2 saturated carbocycles. The van der Waals surface area contributed by atoms with E-state index in [-0.39, 0.29) is 60.1 Å². The van der Waals surface area contributed by atoms with Gasteiger partial charge in [0.25, 0.3) is 6.01 Å². The molecule has 3 aromatic rings. The van der Waals surface area contributed by atoms with E-state index in [4.69, 9.17) is 4.74 Å². The number of hydrogen-bond acceptors (Lipinski definition) is 9. The predicted octanol–water partition coefficient (Wildman–Crippen LogP) is 5.63. The van der Waals surface area contributed by atoms with Crippen molar-refractivity contribution < 1.29 is 37.4 Å². The molecule has 0 bridgehead atoms. The number of ether oxygens (including phenoxy) is 1. The molecule has 14 heteroatoms. The number of allylic oxidation sites excluding steroid dienone is 2. The number of ketones is 1. The summed E-state index contributed by atoms with van der Waals surface area (Å²) in [7, 11) is -3.94. The summed E-state index contributed by atoms with van der Waals surface area (Å²) in [6, 6.07) is 12.8. The first-order valence-corrected chi connectivity index (χ1v) is 20.5. The van der Waals surface area contributed by atoms with Crippen molar-refractivity contribution in [2.45, 2.75) is 114 Å². The number of Topliss-reactive ketones (excluding diaryl/α,β-unsaturated/α-hetero) is 1. The van der Waals surface area contributed by atoms with Crippen LogP contribution in [0.15, 0.2) is 60.7 Å². The Morgan fingerprint density at radius 1 is 1.04 bits per heavy atom. The van der Waals surface area contributed by atoms with Crippen LogP contribution in [0.25, 0.3) is 11.0 Å². The first kappa shape index (κ1) is 37.6. The van der Waals surface area contributed by atoms with E-state index in [0.717, 1.165) is 31.4 Å². The number of carbonyl (C=O) groups is 4. The molecule has 2 aliphatic heterocycles. The molecule has 2 aliphatic carbocycles. The SMILES string of the molecule is CC(C)n1c(O[C@@H]2C[C@H]3C(=O)C[C@]4(C(=O)NS(=O)(=O)C5(C)CC5)C[C@@H]4/C=C\CCCCC[C@H](Nc4ccccc4)C(=O)N3C2)nc2c(C(=O)O)cccc21. The number of anilines is 1. The van der Waals surface area contributed by atoms with E-state index >= 15 is 0 Å². The molecule has 54 heavy (non-hydrogen) atoms. The van der Waals surface area contributed by atoms with Crippen LogP contribution in [-0.2, 0) is 24.4 Å². The number of nitrogens with one attached hydrogen (secondary N) is 2. The molecule has 3 heterocycles. The summed E-state index contributed by atoms with van der Waals surface area (Å²) in [5.41, 5.74) is 0.415. The number of carboxylic acids is 1. The lowest BCUT2D eigenvalue weighted by molar-refractivity contribution is -0.139. The van der Waals surface area contributed by atoms with Gasteiger partial charge in [0.15, 0.2) is 5.78 Å². The number of fused-ring (bicyclic) bond motifs is 3. The summed E-state index contributed by atoms with van der Waals surface area (Å²) in [6.45, 7) is 5.54. The fourth-order valence-electron chi connectivity index (χ4n) is 8.02. The molecule has 3 N–H and O–H groups in total. The highest BCUT2D eigenvalue weighted by Crippen LogP contribution is 2.57. The summed E-state index contributed by atoms with van der Waals surface area (Å²) in [5.74, 6) is -2.71. The van der Waals surface area contributed by atoms with E-state index < -0.39 is 50.2 Å². The van der Waals surface area contributed by atoms with Crippen LogP contribution >= 0.6 is 0 Å². The lowest BCUT2D eigenvalue weighted by Crippen LogP contribution is -2.49. The lowest BCUT2D eigenvalue weighted by atomic mass is 9.91. The number of imidazole rings is 1. The molecule has 1 saturated heterocycles. The highest BCUT2D eigenvalue weighted by atomic mass is 32.2. The van der Waals surface area contributed by atoms with Crippen LogP contribution < -0.4 is 14.8 Å². The summed E-state index contributed by atoms with van der Waals surface area (Å²) in [4.78, 5) is 61.4. The molecule has 7 rings (SSSR count). The fourth-order valence-corrected chi connectivity index (χ4v) is 9.36. The second-order valence-corrected chi connectivity index (χ2v) is 18.1. The molecule has 2 amide bonds. The van der Waals surface area contributed by atoms with Gasteiger partial charge in [-0.3, -0.25) is 23.7 Å². The molecule has 13 nitrogen and oxygen atoms in total. The zero-order valence-corrected chi connectivity index (χ0v) is 31.8. The van der Waals surface area contributed by atoms with Gasteiger partial charge in [0.2, 0.25) is 21.8 Å². The third kappa shape index (κ3) is 7.24. The van der Waals surface area contributed by atoms with E-state index in [0.29, 0.717) is 31.2 Å². The van der Waals surface area contributed by atoms with Gasteiger partial charge in [-0.2, -0.15) is 4.98 Å². The number of carboxylic acid groups (broad SMARTS) is 1. The average Bonchev–Trinajstić information content (AvgIpc) is 3.95. The minimum Gasteiger partial charge on any atom is -0.478 e. The standard InChI is InChI=1S/C40H49N5O8S/c1-25(2)45-31-18-12-16-29(36(48)49)34(31)42-38(45)53-28-21-32-33(46)23-40(37(50)43-54(51,52)39(3)19-20-39)22-26(40)13-8-5-4-6-11-17-30(35(47)44(32)24-28)41-27-14-9-7-10-15-27/h7-10,12-16,18,25-26,28,30,32,41H,4-6,11,17,19-24H2,1-3H3,(H,43,50)(H,48,49)/b13-8-/t26-,28+,30-,32-,40+/m0/s1. The Kier molecular flexibility index (Phi) is 10.1. The number of benzene rings is 2. The first-order chi connectivity index (χ1) is 25.7. The predicted molar refractivity (Wildman–Crippen MR) is 203 cm³/mol. The molecule has 3 fully saturated rings. The Balaban J connectivity index is 1.22. The van der Waals surface area contributed by atoms with Crippen molar-refractivity contribution in [2.75, 3.05) is 11.9 Å². The van der Waals surface area contributed by atoms with Gasteiger partial charge in [-0.15, -0.1) is 0 Å². The van der Waals surface area contributed by atoms with Gasteiger partial charge in [-0.1, -0.05) is 49.3 Å². The molecule has 5 atom stereocenters. The molecule has 1 aromatic heterocycles. The quantitative estimate of drug-likeness (QED) is 0.232. The van der Waals surface area contributed by atoms with Crippen LogP contribution in [0.2, 0.25) is 0 Å². The van der Waals surface area contributed by atoms with Gasteiger partial charge < -0.3 is 20.1 Å². The Bertz CT molecular complexity index is 2090. The van der Waals surface area contributed by atoms with Crippen LogP contribution in [0.3, 0.4) is 0 Å². The largest absolute Gasteiger partial charge is 0.478 e. The van der Waals surface area contributed by atoms with Crippen LogP contribution in [-0.4, -0.2) is 81.0 Å². The molecule has 0 unspecified atom stereocenters. The van der Waals surface area contributed by atoms with Gasteiger partial charge in [0, 0.05) is 24.6 Å². The van der Waals surface area contributed by atoms with Crippen LogP contribution in [0.1, 0.15) is 101 Å². The number of aromatic carboxylic acids is 1. The van der Waals surface area contributed by atoms with Gasteiger partial charge >= 0.3 is 5.97 Å². The number of para-hydroxylation sites is 2. The Labute approximate surface area is 315 Å². The van der Waals surface area contributed by atoms with Crippen molar-refractivity contribution in [1.29, 1.82) is 0 Å². The molecule has 4 aliphatic rings. The van der Waals surface area contributed by atoms with Crippen molar-refractivity contribution in [3.8, 4) is 6.01 Å². The molecular formula is C40H49N5O8S. The third-order valence-corrected chi connectivity index (χ3v) is 13.8. The fraction of sp³-hybridized carbons (Fsp3) is 0.525. The van der Waals surface area contributed by atoms with Gasteiger partial charge in [0.1, 0.15) is 17.7 Å². The van der Waals surface area contributed by atoms with Gasteiger partial charge in [-0.05, 0) is 89.5 Å². The smallest absolute Gasteiger partial charge is 0.337 e. The second kappa shape index (κ2) is 14.5. The zero-order valence-electron chi connectivity index (χ0n) is 31.0. The molecule has 0 spiro atoms. The van der Waals surface area contributed by atoms with Crippen molar-refractivity contribution in [3.63, 3.8) is 0 Å². The topological polar surface area (TPSA) is 177 Å². The Morgan fingerprint density at radius 2 is 1.80 bits per heavy atom. The van der Waals surface area contributed by atoms with E-state index in [1.54, 1.807) is 24.0 Å². The monoisotopic (exact) mass is 759 g/mol. The normalized spacial score (nSPS) is 27.7. The van der Waals surface area contributed by atoms with E-state index in [1.807, 2.05) is 60.9 Å². The van der Waals surface area contributed by atoms with E-state index in [9.17, 15) is 32.7 Å². The van der Waals surface area contributed by atoms with E-state index in [1.165, 1.54) is 6.07 Å². The maximum atomic E-state index is 14.7. The number of aromatic nitrogens is 2. The molecular weight excluding hydrogens is 711 g/mol. The second-order valence-electron chi connectivity index (χ2n) is 15.9. The molecule has 0 radical (unpaired) electrons. The number of hydrogen-bond donors (Lipinski definition) is 3. The summed E-state index contributed by atoms with van der Waals surface area (Å²) >= 11 is 0. The minimum atomic E-state index is -3.94. The van der Waals surface area contributed by atoms with Gasteiger partial charge in [0.05, 0.1) is 33.8 Å². The first-order valence-electron chi connectivity index (χ1n) is 19.0. The van der Waals surface area contributed by atoms with Crippen LogP contribution in [0.4, 0.5) is 5.69 Å². The van der Waals surface area contributed by atoms with Crippen molar-refractivity contribution >= 4 is 50.3 Å². The zero-order chi connectivity index (χ0) is 38.4. The van der Waals surface area contributed by atoms with Crippen molar-refractivity contribution in [1.82, 2.24) is 19.2 Å². The average molecular weight is 760 g/mol. The molecule has 288 valence electrons. The van der Waals surface area contributed by atoms with E-state index in [2.05, 4.69) is 15.0 Å². The van der Waals surface area contributed by atoms with Crippen molar-refractivity contribution in [3.05, 3.63) is 66.2 Å². The maximum Gasteiger partial charge on any atom is 0.337 e. The maximum absolute atomic E-state index is 14.7. The third-order valence-electron chi connectivity index (χ3n) is 11.7. The number of sulfonamides is 1. The highest BCUT2D eigenvalue weighted by molar-refractivity contribution is 7.91.